The third-order valence-corrected chi connectivity index (χ3v) is 5.96. The zero-order chi connectivity index (χ0) is 18.0. The molecule has 4 rings (SSSR count). The Kier molecular flexibility index (Phi) is 6.30. The molecule has 3 heterocycles. The lowest BCUT2D eigenvalue weighted by atomic mass is 9.80. The van der Waals surface area contributed by atoms with Gasteiger partial charge in [0.15, 0.2) is 0 Å². The second-order valence-corrected chi connectivity index (χ2v) is 7.75. The van der Waals surface area contributed by atoms with Gasteiger partial charge in [0, 0.05) is 44.7 Å². The molecule has 0 spiro atoms. The van der Waals surface area contributed by atoms with Crippen molar-refractivity contribution in [1.82, 2.24) is 20.2 Å². The van der Waals surface area contributed by atoms with Crippen molar-refractivity contribution in [3.05, 3.63) is 24.3 Å². The minimum Gasteiger partial charge on any atom is -0.381 e. The molecule has 27 heavy (non-hydrogen) atoms. The van der Waals surface area contributed by atoms with Crippen LogP contribution in [-0.4, -0.2) is 53.1 Å². The Labute approximate surface area is 165 Å². The molecule has 0 unspecified atom stereocenters. The van der Waals surface area contributed by atoms with Crippen molar-refractivity contribution in [3.8, 4) is 6.07 Å². The van der Waals surface area contributed by atoms with Gasteiger partial charge in [-0.15, -0.1) is 12.4 Å². The van der Waals surface area contributed by atoms with E-state index in [0.717, 1.165) is 18.9 Å². The fraction of sp³-hybridized carbons (Fsp3) is 0.684. The minimum atomic E-state index is -0.928. The Hall–Kier alpha value is -1.75. The monoisotopic (exact) mass is 391 g/mol. The van der Waals surface area contributed by atoms with Gasteiger partial charge in [0.1, 0.15) is 11.2 Å². The van der Waals surface area contributed by atoms with E-state index in [-0.39, 0.29) is 24.4 Å². The maximum atomic E-state index is 12.9. The first kappa shape index (κ1) is 20.0. The van der Waals surface area contributed by atoms with Gasteiger partial charge in [-0.2, -0.15) is 5.26 Å². The highest BCUT2D eigenvalue weighted by Crippen LogP contribution is 2.42. The smallest absolute Gasteiger partial charge is 0.240 e. The second kappa shape index (κ2) is 8.51. The Morgan fingerprint density at radius 1 is 1.30 bits per heavy atom. The highest BCUT2D eigenvalue weighted by Gasteiger charge is 2.46. The molecule has 0 radical (unpaired) electrons. The molecule has 2 aliphatic heterocycles. The van der Waals surface area contributed by atoms with Gasteiger partial charge in [0.05, 0.1) is 12.6 Å². The van der Waals surface area contributed by atoms with E-state index in [9.17, 15) is 10.1 Å². The Balaban J connectivity index is 0.00000210. The topological polar surface area (TPSA) is 91.1 Å². The van der Waals surface area contributed by atoms with Gasteiger partial charge in [-0.1, -0.05) is 0 Å². The van der Waals surface area contributed by atoms with Crippen molar-refractivity contribution in [1.29, 1.82) is 5.26 Å². The summed E-state index contributed by atoms with van der Waals surface area (Å²) < 4.78 is 5.35. The largest absolute Gasteiger partial charge is 0.381 e. The van der Waals surface area contributed by atoms with Crippen LogP contribution in [0.4, 0.5) is 0 Å². The predicted octanol–water partition coefficient (Wildman–Crippen LogP) is 1.55. The first-order valence-corrected chi connectivity index (χ1v) is 9.48. The van der Waals surface area contributed by atoms with E-state index in [4.69, 9.17) is 4.74 Å². The van der Waals surface area contributed by atoms with Crippen molar-refractivity contribution in [3.63, 3.8) is 0 Å². The molecule has 8 heteroatoms. The molecule has 1 N–H and O–H groups in total. The first-order chi connectivity index (χ1) is 12.7. The molecule has 1 amide bonds. The average molecular weight is 392 g/mol. The van der Waals surface area contributed by atoms with Crippen LogP contribution >= 0.6 is 12.4 Å². The van der Waals surface area contributed by atoms with Crippen LogP contribution in [0.15, 0.2) is 18.5 Å². The molecule has 1 aliphatic carbocycles. The number of hydrogen-bond donors (Lipinski definition) is 1. The number of amides is 1. The summed E-state index contributed by atoms with van der Waals surface area (Å²) in [7, 11) is 0. The third-order valence-electron chi connectivity index (χ3n) is 5.96. The van der Waals surface area contributed by atoms with E-state index in [1.54, 1.807) is 12.4 Å². The zero-order valence-corrected chi connectivity index (χ0v) is 16.2. The van der Waals surface area contributed by atoms with Crippen molar-refractivity contribution < 1.29 is 9.53 Å². The standard InChI is InChI=1S/C19H25N5O2.ClH/c20-13-19(4-8-26-9-5-19)18(25)23-16-11-24(10-15(16)14-2-3-14)12-17-21-6-1-7-22-17;/h1,6-7,14-16H,2-5,8-12H2,(H,23,25);1H/t15-,16+;/m1./s1. The normalized spacial score (nSPS) is 27.4. The summed E-state index contributed by atoms with van der Waals surface area (Å²) in [6, 6.07) is 4.20. The molecule has 2 saturated heterocycles. The van der Waals surface area contributed by atoms with Crippen LogP contribution in [0.25, 0.3) is 0 Å². The number of nitrogens with one attached hydrogen (secondary N) is 1. The Morgan fingerprint density at radius 2 is 2.00 bits per heavy atom. The number of ether oxygens (including phenoxy) is 1. The van der Waals surface area contributed by atoms with Crippen LogP contribution in [0, 0.1) is 28.6 Å². The van der Waals surface area contributed by atoms with Crippen molar-refractivity contribution in [2.45, 2.75) is 38.3 Å². The van der Waals surface area contributed by atoms with E-state index in [2.05, 4.69) is 26.3 Å². The van der Waals surface area contributed by atoms with Gasteiger partial charge >= 0.3 is 0 Å². The van der Waals surface area contributed by atoms with Gasteiger partial charge < -0.3 is 10.1 Å². The molecule has 7 nitrogen and oxygen atoms in total. The number of rotatable bonds is 5. The average Bonchev–Trinajstić information content (AvgIpc) is 3.45. The van der Waals surface area contributed by atoms with Crippen molar-refractivity contribution >= 4 is 18.3 Å². The fourth-order valence-electron chi connectivity index (χ4n) is 4.22. The van der Waals surface area contributed by atoms with Gasteiger partial charge in [0.25, 0.3) is 0 Å². The zero-order valence-electron chi connectivity index (χ0n) is 15.3. The number of aromatic nitrogens is 2. The second-order valence-electron chi connectivity index (χ2n) is 7.75. The summed E-state index contributed by atoms with van der Waals surface area (Å²) in [5.74, 6) is 1.84. The van der Waals surface area contributed by atoms with Crippen LogP contribution < -0.4 is 5.32 Å². The maximum absolute atomic E-state index is 12.9. The summed E-state index contributed by atoms with van der Waals surface area (Å²) in [6.45, 7) is 3.41. The molecule has 3 fully saturated rings. The molecule has 2 atom stereocenters. The van der Waals surface area contributed by atoms with Gasteiger partial charge in [-0.3, -0.25) is 9.69 Å². The third kappa shape index (κ3) is 4.40. The summed E-state index contributed by atoms with van der Waals surface area (Å²) >= 11 is 0. The number of likely N-dealkylation sites (tertiary alicyclic amines) is 1. The molecule has 1 aromatic heterocycles. The van der Waals surface area contributed by atoms with Gasteiger partial charge in [0.2, 0.25) is 5.91 Å². The summed E-state index contributed by atoms with van der Waals surface area (Å²) in [5.41, 5.74) is -0.928. The lowest BCUT2D eigenvalue weighted by Crippen LogP contribution is -2.50. The van der Waals surface area contributed by atoms with Gasteiger partial charge in [-0.05, 0) is 43.6 Å². The van der Waals surface area contributed by atoms with E-state index < -0.39 is 5.41 Å². The number of hydrogen-bond acceptors (Lipinski definition) is 6. The highest BCUT2D eigenvalue weighted by atomic mass is 35.5. The van der Waals surface area contributed by atoms with Crippen LogP contribution in [0.2, 0.25) is 0 Å². The lowest BCUT2D eigenvalue weighted by molar-refractivity contribution is -0.133. The Bertz CT molecular complexity index is 685. The van der Waals surface area contributed by atoms with E-state index >= 15 is 0 Å². The minimum absolute atomic E-state index is 0. The predicted molar refractivity (Wildman–Crippen MR) is 101 cm³/mol. The maximum Gasteiger partial charge on any atom is 0.240 e. The molecule has 1 saturated carbocycles. The van der Waals surface area contributed by atoms with Crippen molar-refractivity contribution in [2.75, 3.05) is 26.3 Å². The first-order valence-electron chi connectivity index (χ1n) is 9.48. The van der Waals surface area contributed by atoms with Crippen LogP contribution in [0.3, 0.4) is 0 Å². The SMILES string of the molecule is Cl.N#CC1(C(=O)N[C@H]2CN(Cc3ncccn3)C[C@@H]2C2CC2)CCOCC1. The number of carbonyl (C=O) groups is 1. The summed E-state index contributed by atoms with van der Waals surface area (Å²) in [4.78, 5) is 23.9. The van der Waals surface area contributed by atoms with Crippen molar-refractivity contribution in [2.24, 2.45) is 17.3 Å². The highest BCUT2D eigenvalue weighted by molar-refractivity contribution is 5.86. The molecule has 1 aromatic rings. The molecule has 3 aliphatic rings. The molecular formula is C19H26ClN5O2. The number of halogens is 1. The number of nitriles is 1. The quantitative estimate of drug-likeness (QED) is 0.818. The summed E-state index contributed by atoms with van der Waals surface area (Å²) in [5, 5.41) is 12.9. The Morgan fingerprint density at radius 3 is 2.63 bits per heavy atom. The molecule has 0 bridgehead atoms. The molecule has 146 valence electrons. The summed E-state index contributed by atoms with van der Waals surface area (Å²) in [6.07, 6.45) is 6.97. The van der Waals surface area contributed by atoms with Crippen LogP contribution in [-0.2, 0) is 16.1 Å². The molecule has 0 aromatic carbocycles. The van der Waals surface area contributed by atoms with E-state index in [1.807, 2.05) is 6.07 Å². The van der Waals surface area contributed by atoms with E-state index in [1.165, 1.54) is 12.8 Å². The van der Waals surface area contributed by atoms with Gasteiger partial charge in [-0.25, -0.2) is 9.97 Å². The molecular weight excluding hydrogens is 366 g/mol. The number of nitrogens with zero attached hydrogens (tertiary/aromatic N) is 4. The van der Waals surface area contributed by atoms with E-state index in [0.29, 0.717) is 44.4 Å². The fourth-order valence-corrected chi connectivity index (χ4v) is 4.22. The van der Waals surface area contributed by atoms with Crippen LogP contribution in [0.1, 0.15) is 31.5 Å². The number of carbonyl (C=O) groups excluding carboxylic acids is 1. The lowest BCUT2D eigenvalue weighted by Gasteiger charge is -2.31. The van der Waals surface area contributed by atoms with Crippen LogP contribution in [0.5, 0.6) is 0 Å².